The first-order valence-electron chi connectivity index (χ1n) is 14.3. The zero-order chi connectivity index (χ0) is 30.2. The second-order valence-electron chi connectivity index (χ2n) is 11.0. The van der Waals surface area contributed by atoms with Gasteiger partial charge in [-0.15, -0.1) is 0 Å². The van der Waals surface area contributed by atoms with E-state index in [9.17, 15) is 14.0 Å². The number of carbonyl (C=O) groups excluding carboxylic acids is 2. The van der Waals surface area contributed by atoms with Gasteiger partial charge in [0.1, 0.15) is 22.9 Å². The van der Waals surface area contributed by atoms with Crippen molar-refractivity contribution in [1.82, 2.24) is 20.1 Å². The van der Waals surface area contributed by atoms with Gasteiger partial charge in [-0.05, 0) is 45.9 Å². The number of aliphatic imine (C=N–C) groups is 1. The number of nitrogens with zero attached hydrogens (tertiary/aromatic N) is 4. The molecule has 2 aromatic heterocycles. The molecule has 0 spiro atoms. The fraction of sp³-hybridized carbons (Fsp3) is 0.281. The second kappa shape index (κ2) is 11.3. The topological polar surface area (TPSA) is 123 Å². The average molecular weight is 582 g/mol. The molecule has 3 N–H and O–H groups in total. The number of hydrogen-bond donors (Lipinski definition) is 3. The molecule has 2 aliphatic rings. The van der Waals surface area contributed by atoms with Crippen LogP contribution >= 0.6 is 0 Å². The summed E-state index contributed by atoms with van der Waals surface area (Å²) in [6.07, 6.45) is -0.777. The molecule has 0 bridgehead atoms. The molecule has 2 amide bonds. The van der Waals surface area contributed by atoms with E-state index < -0.39 is 23.8 Å². The van der Waals surface area contributed by atoms with Crippen LogP contribution in [0.25, 0.3) is 11.3 Å². The summed E-state index contributed by atoms with van der Waals surface area (Å²) in [6, 6.07) is 17.5. The third kappa shape index (κ3) is 5.45. The normalized spacial score (nSPS) is 17.6. The minimum absolute atomic E-state index is 0.00408. The fourth-order valence-corrected chi connectivity index (χ4v) is 5.27. The molecule has 2 atom stereocenters. The summed E-state index contributed by atoms with van der Waals surface area (Å²) in [5.74, 6) is -0.858. The molecule has 43 heavy (non-hydrogen) atoms. The molecular weight excluding hydrogens is 549 g/mol. The summed E-state index contributed by atoms with van der Waals surface area (Å²) in [4.78, 5) is 36.9. The number of pyridine rings is 1. The molecule has 0 saturated carbocycles. The third-order valence-corrected chi connectivity index (χ3v) is 7.31. The molecule has 2 aliphatic heterocycles. The van der Waals surface area contributed by atoms with Crippen molar-refractivity contribution >= 4 is 29.0 Å². The van der Waals surface area contributed by atoms with Crippen LogP contribution in [0.3, 0.4) is 0 Å². The van der Waals surface area contributed by atoms with Gasteiger partial charge in [-0.3, -0.25) is 9.59 Å². The van der Waals surface area contributed by atoms with Crippen molar-refractivity contribution in [3.8, 4) is 17.1 Å². The summed E-state index contributed by atoms with van der Waals surface area (Å²) in [7, 11) is 0. The van der Waals surface area contributed by atoms with Crippen LogP contribution in [0.2, 0.25) is 0 Å². The van der Waals surface area contributed by atoms with Crippen molar-refractivity contribution in [3.63, 3.8) is 0 Å². The van der Waals surface area contributed by atoms with Crippen molar-refractivity contribution in [1.29, 1.82) is 0 Å². The Kier molecular flexibility index (Phi) is 7.39. The lowest BCUT2D eigenvalue weighted by Crippen LogP contribution is -2.42. The maximum absolute atomic E-state index is 14.9. The predicted octanol–water partition coefficient (Wildman–Crippen LogP) is 4.93. The van der Waals surface area contributed by atoms with Crippen molar-refractivity contribution in [2.24, 2.45) is 4.99 Å². The SMILES string of the molecule is Cc1nc(NC(C)C)ccc1-c1nn2c(c1C(=O)NC1N=C(c3ccccc3)c3cccc(F)c3NC1=O)OC(C)CC2. The van der Waals surface area contributed by atoms with Crippen LogP contribution in [-0.2, 0) is 11.3 Å². The zero-order valence-electron chi connectivity index (χ0n) is 24.3. The highest BCUT2D eigenvalue weighted by molar-refractivity contribution is 6.20. The molecule has 11 heteroatoms. The number of halogens is 1. The number of carbonyl (C=O) groups is 2. The molecule has 220 valence electrons. The molecule has 0 radical (unpaired) electrons. The van der Waals surface area contributed by atoms with Gasteiger partial charge < -0.3 is 20.7 Å². The Morgan fingerprint density at radius 3 is 2.63 bits per heavy atom. The van der Waals surface area contributed by atoms with Crippen LogP contribution in [0.4, 0.5) is 15.9 Å². The van der Waals surface area contributed by atoms with Gasteiger partial charge >= 0.3 is 0 Å². The van der Waals surface area contributed by atoms with E-state index in [1.165, 1.54) is 6.07 Å². The number of fused-ring (bicyclic) bond motifs is 2. The predicted molar refractivity (Wildman–Crippen MR) is 162 cm³/mol. The molecule has 0 aliphatic carbocycles. The van der Waals surface area contributed by atoms with E-state index >= 15 is 0 Å². The number of para-hydroxylation sites is 1. The lowest BCUT2D eigenvalue weighted by Gasteiger charge is -2.22. The number of benzodiazepines with no additional fused rings is 1. The zero-order valence-corrected chi connectivity index (χ0v) is 24.3. The fourth-order valence-electron chi connectivity index (χ4n) is 5.27. The van der Waals surface area contributed by atoms with Gasteiger partial charge in [0.15, 0.2) is 0 Å². The first-order chi connectivity index (χ1) is 20.7. The Morgan fingerprint density at radius 1 is 1.09 bits per heavy atom. The number of aromatic nitrogens is 3. The number of amides is 2. The van der Waals surface area contributed by atoms with Crippen molar-refractivity contribution in [2.45, 2.75) is 59.0 Å². The number of benzene rings is 2. The van der Waals surface area contributed by atoms with Crippen LogP contribution in [0.1, 0.15) is 54.4 Å². The van der Waals surface area contributed by atoms with Crippen LogP contribution in [-0.4, -0.2) is 50.6 Å². The molecule has 2 aromatic carbocycles. The molecular formula is C32H32FN7O3. The van der Waals surface area contributed by atoms with E-state index in [0.717, 1.165) is 6.42 Å². The Labute approximate surface area is 248 Å². The highest BCUT2D eigenvalue weighted by Gasteiger charge is 2.34. The maximum atomic E-state index is 14.9. The van der Waals surface area contributed by atoms with Gasteiger partial charge in [0.05, 0.1) is 17.5 Å². The lowest BCUT2D eigenvalue weighted by atomic mass is 10.0. The molecule has 6 rings (SSSR count). The molecule has 0 fully saturated rings. The van der Waals surface area contributed by atoms with Gasteiger partial charge in [-0.1, -0.05) is 42.5 Å². The minimum Gasteiger partial charge on any atom is -0.474 e. The Bertz CT molecular complexity index is 1750. The van der Waals surface area contributed by atoms with Crippen LogP contribution in [0.15, 0.2) is 65.7 Å². The van der Waals surface area contributed by atoms with Crippen LogP contribution in [0.5, 0.6) is 5.88 Å². The highest BCUT2D eigenvalue weighted by Crippen LogP contribution is 2.36. The van der Waals surface area contributed by atoms with Gasteiger partial charge in [0.2, 0.25) is 12.0 Å². The molecule has 0 saturated heterocycles. The number of anilines is 2. The lowest BCUT2D eigenvalue weighted by molar-refractivity contribution is -0.117. The van der Waals surface area contributed by atoms with E-state index in [2.05, 4.69) is 25.9 Å². The van der Waals surface area contributed by atoms with Gasteiger partial charge in [0.25, 0.3) is 11.8 Å². The number of hydrogen-bond acceptors (Lipinski definition) is 7. The van der Waals surface area contributed by atoms with Crippen molar-refractivity contribution in [3.05, 3.63) is 88.9 Å². The Balaban J connectivity index is 1.42. The largest absolute Gasteiger partial charge is 0.474 e. The standard InChI is InChI=1S/C32H32FN7O3/c1-17(2)34-24-14-13-21(19(4)35-24)28-25(32-40(39-28)16-15-18(3)43-32)30(41)38-29-31(42)37-27-22(11-8-12-23(27)33)26(36-29)20-9-6-5-7-10-20/h5-14,17-18,29H,15-16H2,1-4H3,(H,34,35)(H,37,42)(H,38,41). The maximum Gasteiger partial charge on any atom is 0.269 e. The van der Waals surface area contributed by atoms with Gasteiger partial charge in [-0.25, -0.2) is 19.0 Å². The summed E-state index contributed by atoms with van der Waals surface area (Å²) >= 11 is 0. The Hall–Kier alpha value is -5.06. The number of aryl methyl sites for hydroxylation is 2. The summed E-state index contributed by atoms with van der Waals surface area (Å²) in [5.41, 5.74) is 3.35. The quantitative estimate of drug-likeness (QED) is 0.297. The summed E-state index contributed by atoms with van der Waals surface area (Å²) in [6.45, 7) is 8.39. The first-order valence-corrected chi connectivity index (χ1v) is 14.3. The minimum atomic E-state index is -1.37. The monoisotopic (exact) mass is 581 g/mol. The second-order valence-corrected chi connectivity index (χ2v) is 11.0. The van der Waals surface area contributed by atoms with Crippen LogP contribution < -0.4 is 20.7 Å². The van der Waals surface area contributed by atoms with E-state index in [0.29, 0.717) is 52.0 Å². The van der Waals surface area contributed by atoms with Crippen molar-refractivity contribution < 1.29 is 18.7 Å². The smallest absolute Gasteiger partial charge is 0.269 e. The molecule has 2 unspecified atom stereocenters. The average Bonchev–Trinajstić information content (AvgIpc) is 3.27. The van der Waals surface area contributed by atoms with Crippen LogP contribution in [0, 0.1) is 12.7 Å². The Morgan fingerprint density at radius 2 is 1.88 bits per heavy atom. The van der Waals surface area contributed by atoms with E-state index in [1.54, 1.807) is 16.8 Å². The first kappa shape index (κ1) is 28.1. The molecule has 10 nitrogen and oxygen atoms in total. The highest BCUT2D eigenvalue weighted by atomic mass is 19.1. The van der Waals surface area contributed by atoms with E-state index in [4.69, 9.17) is 9.84 Å². The molecule has 4 aromatic rings. The molecule has 4 heterocycles. The van der Waals surface area contributed by atoms with Gasteiger partial charge in [0, 0.05) is 41.4 Å². The third-order valence-electron chi connectivity index (χ3n) is 7.31. The van der Waals surface area contributed by atoms with Gasteiger partial charge in [-0.2, -0.15) is 5.10 Å². The number of nitrogens with one attached hydrogen (secondary N) is 3. The van der Waals surface area contributed by atoms with Crippen molar-refractivity contribution in [2.75, 3.05) is 10.6 Å². The number of rotatable bonds is 6. The summed E-state index contributed by atoms with van der Waals surface area (Å²) in [5, 5.41) is 13.4. The summed E-state index contributed by atoms with van der Waals surface area (Å²) < 4.78 is 22.7. The van der Waals surface area contributed by atoms with E-state index in [-0.39, 0.29) is 23.4 Å². The van der Waals surface area contributed by atoms with E-state index in [1.807, 2.05) is 70.2 Å². The number of ether oxygens (including phenoxy) is 1.